The molecule has 1 fully saturated rings. The van der Waals surface area contributed by atoms with Crippen molar-refractivity contribution in [3.8, 4) is 0 Å². The summed E-state index contributed by atoms with van der Waals surface area (Å²) in [6.07, 6.45) is -3.11. The first-order valence-corrected chi connectivity index (χ1v) is 13.1. The normalized spacial score (nSPS) is 25.1. The molecular weight excluding hydrogens is 528 g/mol. The summed E-state index contributed by atoms with van der Waals surface area (Å²) in [6, 6.07) is 7.66. The molecule has 0 spiro atoms. The molecule has 1 saturated heterocycles. The second kappa shape index (κ2) is 11.2. The van der Waals surface area contributed by atoms with E-state index in [9.17, 15) is 14.4 Å². The zero-order valence-corrected chi connectivity index (χ0v) is 24.7. The van der Waals surface area contributed by atoms with Gasteiger partial charge in [0.15, 0.2) is 6.10 Å². The Labute approximate surface area is 223 Å². The smallest absolute Gasteiger partial charge is 0.311 e. The highest BCUT2D eigenvalue weighted by atomic mass is 79.9. The Hall–Kier alpha value is -1.93. The monoisotopic (exact) mass is 568 g/mol. The van der Waals surface area contributed by atoms with E-state index >= 15 is 0 Å². The largest absolute Gasteiger partial charge is 0.462 e. The average molecular weight is 570 g/mol. The molecule has 5 atom stereocenters. The van der Waals surface area contributed by atoms with Gasteiger partial charge in [0.2, 0.25) is 0 Å². The highest BCUT2D eigenvalue weighted by molar-refractivity contribution is 9.10. The van der Waals surface area contributed by atoms with Gasteiger partial charge in [0.25, 0.3) is 0 Å². The molecule has 0 aliphatic carbocycles. The highest BCUT2D eigenvalue weighted by Gasteiger charge is 2.50. The van der Waals surface area contributed by atoms with Gasteiger partial charge in [-0.3, -0.25) is 14.4 Å². The van der Waals surface area contributed by atoms with Crippen LogP contribution in [0.1, 0.15) is 80.9 Å². The van der Waals surface area contributed by atoms with Crippen LogP contribution >= 0.6 is 15.9 Å². The summed E-state index contributed by atoms with van der Waals surface area (Å²) in [6.45, 7) is 17.6. The summed E-state index contributed by atoms with van der Waals surface area (Å²) in [5, 5.41) is 0. The standard InChI is InChI=1S/C28H41BrO7/c1-16-20(17-11-13-18(29)14-12-17)34-19(15-33-23(30)26(2,3)4)22(36-25(32)28(8,9)10)21(16)35-24(31)27(5,6)7/h11-14,16,19-22H,15H2,1-10H3/t16-,19-,20+,21-,22-/m1/s1. The Bertz CT molecular complexity index is 935. The Morgan fingerprint density at radius 2 is 1.22 bits per heavy atom. The van der Waals surface area contributed by atoms with Gasteiger partial charge in [0.05, 0.1) is 22.3 Å². The molecule has 8 heteroatoms. The number of carbonyl (C=O) groups is 3. The molecule has 7 nitrogen and oxygen atoms in total. The molecule has 1 aromatic carbocycles. The van der Waals surface area contributed by atoms with E-state index in [0.29, 0.717) is 0 Å². The molecule has 1 aliphatic rings. The molecule has 1 aromatic rings. The number of benzene rings is 1. The summed E-state index contributed by atoms with van der Waals surface area (Å²) < 4.78 is 24.9. The van der Waals surface area contributed by atoms with E-state index < -0.39 is 58.6 Å². The van der Waals surface area contributed by atoms with Gasteiger partial charge in [0.1, 0.15) is 18.8 Å². The summed E-state index contributed by atoms with van der Waals surface area (Å²) in [5.41, 5.74) is -1.41. The molecule has 0 unspecified atom stereocenters. The van der Waals surface area contributed by atoms with Gasteiger partial charge in [-0.15, -0.1) is 0 Å². The van der Waals surface area contributed by atoms with E-state index in [2.05, 4.69) is 15.9 Å². The average Bonchev–Trinajstić information content (AvgIpc) is 2.73. The Morgan fingerprint density at radius 3 is 1.67 bits per heavy atom. The number of halogens is 1. The lowest BCUT2D eigenvalue weighted by Crippen LogP contribution is -2.57. The first kappa shape index (κ1) is 30.3. The van der Waals surface area contributed by atoms with Gasteiger partial charge in [-0.2, -0.15) is 0 Å². The minimum absolute atomic E-state index is 0.151. The topological polar surface area (TPSA) is 88.1 Å². The predicted octanol–water partition coefficient (Wildman–Crippen LogP) is 6.03. The number of hydrogen-bond donors (Lipinski definition) is 0. The third kappa shape index (κ3) is 7.78. The van der Waals surface area contributed by atoms with Gasteiger partial charge in [-0.1, -0.05) is 35.0 Å². The second-order valence-electron chi connectivity index (χ2n) is 12.6. The Balaban J connectivity index is 2.51. The third-order valence-electron chi connectivity index (χ3n) is 5.91. The molecule has 0 N–H and O–H groups in total. The highest BCUT2D eigenvalue weighted by Crippen LogP contribution is 2.41. The lowest BCUT2D eigenvalue weighted by molar-refractivity contribution is -0.240. The molecule has 36 heavy (non-hydrogen) atoms. The zero-order chi connectivity index (χ0) is 27.6. The van der Waals surface area contributed by atoms with E-state index in [-0.39, 0.29) is 12.5 Å². The van der Waals surface area contributed by atoms with Crippen LogP contribution in [-0.2, 0) is 33.3 Å². The summed E-state index contributed by atoms with van der Waals surface area (Å²) in [7, 11) is 0. The minimum atomic E-state index is -0.961. The fraction of sp³-hybridized carbons (Fsp3) is 0.679. The minimum Gasteiger partial charge on any atom is -0.462 e. The Kier molecular flexibility index (Phi) is 9.44. The summed E-state index contributed by atoms with van der Waals surface area (Å²) in [4.78, 5) is 38.5. The summed E-state index contributed by atoms with van der Waals surface area (Å²) >= 11 is 3.45. The van der Waals surface area contributed by atoms with Crippen molar-refractivity contribution in [2.75, 3.05) is 6.61 Å². The molecule has 0 bridgehead atoms. The van der Waals surface area contributed by atoms with Crippen molar-refractivity contribution in [1.29, 1.82) is 0 Å². The van der Waals surface area contributed by atoms with E-state index in [1.165, 1.54) is 0 Å². The van der Waals surface area contributed by atoms with Crippen LogP contribution in [0.25, 0.3) is 0 Å². The van der Waals surface area contributed by atoms with Crippen LogP contribution in [0, 0.1) is 22.2 Å². The molecule has 0 radical (unpaired) electrons. The predicted molar refractivity (Wildman–Crippen MR) is 140 cm³/mol. The van der Waals surface area contributed by atoms with Crippen molar-refractivity contribution in [3.05, 3.63) is 34.3 Å². The quantitative estimate of drug-likeness (QED) is 0.316. The maximum atomic E-state index is 13.0. The number of ether oxygens (including phenoxy) is 4. The van der Waals surface area contributed by atoms with Crippen molar-refractivity contribution in [2.45, 2.75) is 93.7 Å². The number of esters is 3. The maximum Gasteiger partial charge on any atom is 0.311 e. The number of hydrogen-bond acceptors (Lipinski definition) is 7. The molecular formula is C28H41BrO7. The molecule has 2 rings (SSSR count). The van der Waals surface area contributed by atoms with Crippen molar-refractivity contribution >= 4 is 33.8 Å². The van der Waals surface area contributed by atoms with Crippen LogP contribution in [0.2, 0.25) is 0 Å². The van der Waals surface area contributed by atoms with Gasteiger partial charge in [0, 0.05) is 10.4 Å². The molecule has 0 amide bonds. The maximum absolute atomic E-state index is 13.0. The van der Waals surface area contributed by atoms with Crippen LogP contribution in [0.4, 0.5) is 0 Å². The van der Waals surface area contributed by atoms with Crippen LogP contribution < -0.4 is 0 Å². The first-order chi connectivity index (χ1) is 16.3. The number of carbonyl (C=O) groups excluding carboxylic acids is 3. The lowest BCUT2D eigenvalue weighted by Gasteiger charge is -2.45. The van der Waals surface area contributed by atoms with Crippen LogP contribution in [0.3, 0.4) is 0 Å². The van der Waals surface area contributed by atoms with E-state index in [4.69, 9.17) is 18.9 Å². The van der Waals surface area contributed by atoms with Crippen LogP contribution in [0.5, 0.6) is 0 Å². The summed E-state index contributed by atoms with van der Waals surface area (Å²) in [5.74, 6) is -1.65. The van der Waals surface area contributed by atoms with E-state index in [1.807, 2.05) is 31.2 Å². The second-order valence-corrected chi connectivity index (χ2v) is 13.5. The Morgan fingerprint density at radius 1 is 0.778 bits per heavy atom. The lowest BCUT2D eigenvalue weighted by atomic mass is 9.84. The van der Waals surface area contributed by atoms with Gasteiger partial charge < -0.3 is 18.9 Å². The molecule has 0 aromatic heterocycles. The molecule has 1 aliphatic heterocycles. The SMILES string of the molecule is C[C@H]1[C@@H](OC(=O)C(C)(C)C)[C@H](OC(=O)C(C)(C)C)[C@@H](COC(=O)C(C)(C)C)O[C@@H]1c1ccc(Br)cc1. The van der Waals surface area contributed by atoms with Crippen molar-refractivity contribution in [3.63, 3.8) is 0 Å². The van der Waals surface area contributed by atoms with Crippen molar-refractivity contribution in [2.24, 2.45) is 22.2 Å². The fourth-order valence-electron chi connectivity index (χ4n) is 3.53. The van der Waals surface area contributed by atoms with Crippen LogP contribution in [-0.4, -0.2) is 42.8 Å². The van der Waals surface area contributed by atoms with Gasteiger partial charge >= 0.3 is 17.9 Å². The van der Waals surface area contributed by atoms with Crippen LogP contribution in [0.15, 0.2) is 28.7 Å². The van der Waals surface area contributed by atoms with E-state index in [0.717, 1.165) is 10.0 Å². The molecule has 0 saturated carbocycles. The van der Waals surface area contributed by atoms with Crippen molar-refractivity contribution in [1.82, 2.24) is 0 Å². The number of rotatable bonds is 5. The van der Waals surface area contributed by atoms with E-state index in [1.54, 1.807) is 62.3 Å². The third-order valence-corrected chi connectivity index (χ3v) is 6.44. The first-order valence-electron chi connectivity index (χ1n) is 12.3. The van der Waals surface area contributed by atoms with Gasteiger partial charge in [-0.05, 0) is 80.0 Å². The van der Waals surface area contributed by atoms with Crippen molar-refractivity contribution < 1.29 is 33.3 Å². The molecule has 1 heterocycles. The van der Waals surface area contributed by atoms with Gasteiger partial charge in [-0.25, -0.2) is 0 Å². The molecule has 202 valence electrons. The zero-order valence-electron chi connectivity index (χ0n) is 23.1. The fourth-order valence-corrected chi connectivity index (χ4v) is 3.80.